The van der Waals surface area contributed by atoms with E-state index in [9.17, 15) is 0 Å². The first-order chi connectivity index (χ1) is 8.88. The lowest BCUT2D eigenvalue weighted by atomic mass is 10.1. The Morgan fingerprint density at radius 2 is 1.72 bits per heavy atom. The van der Waals surface area contributed by atoms with Crippen molar-refractivity contribution < 1.29 is 0 Å². The zero-order chi connectivity index (χ0) is 12.6. The highest BCUT2D eigenvalue weighted by Gasteiger charge is 1.96. The van der Waals surface area contributed by atoms with E-state index in [1.807, 2.05) is 25.2 Å². The smallest absolute Gasteiger partial charge is 0.128 e. The first kappa shape index (κ1) is 12.4. The SMILES string of the molecule is CNc1cccc(NCCCc2ccccc2)n1. The number of pyridine rings is 1. The van der Waals surface area contributed by atoms with E-state index < -0.39 is 0 Å². The lowest BCUT2D eigenvalue weighted by molar-refractivity contribution is 0.859. The average molecular weight is 241 g/mol. The van der Waals surface area contributed by atoms with Crippen LogP contribution < -0.4 is 10.6 Å². The van der Waals surface area contributed by atoms with E-state index in [0.717, 1.165) is 31.0 Å². The molecule has 1 aromatic heterocycles. The third kappa shape index (κ3) is 3.77. The summed E-state index contributed by atoms with van der Waals surface area (Å²) in [6.07, 6.45) is 2.20. The third-order valence-corrected chi connectivity index (χ3v) is 2.80. The number of nitrogens with zero attached hydrogens (tertiary/aromatic N) is 1. The summed E-state index contributed by atoms with van der Waals surface area (Å²) in [6, 6.07) is 16.5. The molecule has 1 heterocycles. The zero-order valence-electron chi connectivity index (χ0n) is 10.7. The minimum Gasteiger partial charge on any atom is -0.373 e. The van der Waals surface area contributed by atoms with Gasteiger partial charge in [-0.15, -0.1) is 0 Å². The first-order valence-corrected chi connectivity index (χ1v) is 6.31. The van der Waals surface area contributed by atoms with Crippen LogP contribution in [0.15, 0.2) is 48.5 Å². The van der Waals surface area contributed by atoms with Crippen LogP contribution in [0.2, 0.25) is 0 Å². The Bertz CT molecular complexity index is 468. The van der Waals surface area contributed by atoms with Crippen molar-refractivity contribution in [2.75, 3.05) is 24.2 Å². The number of benzene rings is 1. The Morgan fingerprint density at radius 3 is 2.50 bits per heavy atom. The number of hydrogen-bond donors (Lipinski definition) is 2. The molecule has 1 aromatic carbocycles. The van der Waals surface area contributed by atoms with Crippen molar-refractivity contribution in [3.8, 4) is 0 Å². The fraction of sp³-hybridized carbons (Fsp3) is 0.267. The van der Waals surface area contributed by atoms with Crippen molar-refractivity contribution in [2.24, 2.45) is 0 Å². The van der Waals surface area contributed by atoms with Crippen molar-refractivity contribution in [2.45, 2.75) is 12.8 Å². The van der Waals surface area contributed by atoms with Crippen LogP contribution in [0.1, 0.15) is 12.0 Å². The summed E-state index contributed by atoms with van der Waals surface area (Å²) in [5.74, 6) is 1.82. The lowest BCUT2D eigenvalue weighted by Gasteiger charge is -2.07. The van der Waals surface area contributed by atoms with Gasteiger partial charge < -0.3 is 10.6 Å². The molecule has 0 aliphatic carbocycles. The molecular weight excluding hydrogens is 222 g/mol. The second-order valence-electron chi connectivity index (χ2n) is 4.17. The van der Waals surface area contributed by atoms with Crippen molar-refractivity contribution >= 4 is 11.6 Å². The molecule has 3 nitrogen and oxygen atoms in total. The van der Waals surface area contributed by atoms with E-state index >= 15 is 0 Å². The summed E-state index contributed by atoms with van der Waals surface area (Å²) in [5, 5.41) is 6.37. The van der Waals surface area contributed by atoms with Gasteiger partial charge in [-0.25, -0.2) is 4.98 Å². The molecule has 2 rings (SSSR count). The summed E-state index contributed by atoms with van der Waals surface area (Å²) in [4.78, 5) is 4.41. The predicted octanol–water partition coefficient (Wildman–Crippen LogP) is 3.17. The third-order valence-electron chi connectivity index (χ3n) is 2.80. The van der Waals surface area contributed by atoms with Gasteiger partial charge in [-0.1, -0.05) is 36.4 Å². The van der Waals surface area contributed by atoms with Gasteiger partial charge in [0.25, 0.3) is 0 Å². The summed E-state index contributed by atoms with van der Waals surface area (Å²) in [5.41, 5.74) is 1.39. The van der Waals surface area contributed by atoms with E-state index in [1.165, 1.54) is 5.56 Å². The number of anilines is 2. The molecule has 3 heteroatoms. The van der Waals surface area contributed by atoms with Crippen LogP contribution in [0.3, 0.4) is 0 Å². The van der Waals surface area contributed by atoms with Crippen molar-refractivity contribution in [1.29, 1.82) is 0 Å². The van der Waals surface area contributed by atoms with Crippen LogP contribution in [0.4, 0.5) is 11.6 Å². The maximum Gasteiger partial charge on any atom is 0.128 e. The molecule has 2 N–H and O–H groups in total. The molecule has 0 saturated heterocycles. The fourth-order valence-electron chi connectivity index (χ4n) is 1.83. The highest BCUT2D eigenvalue weighted by Crippen LogP contribution is 2.09. The van der Waals surface area contributed by atoms with Crippen LogP contribution in [-0.2, 0) is 6.42 Å². The molecule has 0 unspecified atom stereocenters. The van der Waals surface area contributed by atoms with E-state index in [0.29, 0.717) is 0 Å². The lowest BCUT2D eigenvalue weighted by Crippen LogP contribution is -2.05. The van der Waals surface area contributed by atoms with Gasteiger partial charge in [0.05, 0.1) is 0 Å². The van der Waals surface area contributed by atoms with E-state index in [1.54, 1.807) is 0 Å². The molecule has 18 heavy (non-hydrogen) atoms. The molecule has 0 spiro atoms. The van der Waals surface area contributed by atoms with Crippen molar-refractivity contribution in [3.05, 3.63) is 54.1 Å². The molecule has 0 aliphatic rings. The van der Waals surface area contributed by atoms with Gasteiger partial charge in [-0.2, -0.15) is 0 Å². The number of aromatic nitrogens is 1. The van der Waals surface area contributed by atoms with Gasteiger partial charge in [0.15, 0.2) is 0 Å². The topological polar surface area (TPSA) is 37.0 Å². The maximum atomic E-state index is 4.41. The average Bonchev–Trinajstić information content (AvgIpc) is 2.45. The number of rotatable bonds is 6. The zero-order valence-corrected chi connectivity index (χ0v) is 10.7. The van der Waals surface area contributed by atoms with E-state index in [2.05, 4.69) is 45.9 Å². The van der Waals surface area contributed by atoms with Crippen molar-refractivity contribution in [3.63, 3.8) is 0 Å². The van der Waals surface area contributed by atoms with Gasteiger partial charge in [0, 0.05) is 13.6 Å². The van der Waals surface area contributed by atoms with Crippen LogP contribution >= 0.6 is 0 Å². The van der Waals surface area contributed by atoms with Crippen LogP contribution in [0.25, 0.3) is 0 Å². The highest BCUT2D eigenvalue weighted by molar-refractivity contribution is 5.44. The number of aryl methyl sites for hydroxylation is 1. The Labute approximate surface area is 108 Å². The molecule has 94 valence electrons. The van der Waals surface area contributed by atoms with E-state index in [-0.39, 0.29) is 0 Å². The minimum absolute atomic E-state index is 0.892. The maximum absolute atomic E-state index is 4.41. The second-order valence-corrected chi connectivity index (χ2v) is 4.17. The van der Waals surface area contributed by atoms with E-state index in [4.69, 9.17) is 0 Å². The summed E-state index contributed by atoms with van der Waals surface area (Å²) in [6.45, 7) is 0.940. The molecule has 2 aromatic rings. The monoisotopic (exact) mass is 241 g/mol. The fourth-order valence-corrected chi connectivity index (χ4v) is 1.83. The van der Waals surface area contributed by atoms with Crippen LogP contribution in [0, 0.1) is 0 Å². The Morgan fingerprint density at radius 1 is 0.944 bits per heavy atom. The quantitative estimate of drug-likeness (QED) is 0.763. The predicted molar refractivity (Wildman–Crippen MR) is 77.0 cm³/mol. The molecule has 0 bridgehead atoms. The molecule has 0 radical (unpaired) electrons. The summed E-state index contributed by atoms with van der Waals surface area (Å²) >= 11 is 0. The number of hydrogen-bond acceptors (Lipinski definition) is 3. The normalized spacial score (nSPS) is 10.1. The van der Waals surface area contributed by atoms with Gasteiger partial charge in [0.2, 0.25) is 0 Å². The first-order valence-electron chi connectivity index (χ1n) is 6.31. The van der Waals surface area contributed by atoms with Gasteiger partial charge >= 0.3 is 0 Å². The summed E-state index contributed by atoms with van der Waals surface area (Å²) in [7, 11) is 1.88. The molecule has 0 amide bonds. The Hall–Kier alpha value is -2.03. The highest BCUT2D eigenvalue weighted by atomic mass is 15.0. The van der Waals surface area contributed by atoms with Crippen LogP contribution in [-0.4, -0.2) is 18.6 Å². The van der Waals surface area contributed by atoms with Gasteiger partial charge in [0.1, 0.15) is 11.6 Å². The Balaban J connectivity index is 1.75. The van der Waals surface area contributed by atoms with Gasteiger partial charge in [-0.05, 0) is 30.5 Å². The minimum atomic E-state index is 0.892. The molecule has 0 fully saturated rings. The van der Waals surface area contributed by atoms with Gasteiger partial charge in [-0.3, -0.25) is 0 Å². The van der Waals surface area contributed by atoms with Crippen molar-refractivity contribution in [1.82, 2.24) is 4.98 Å². The molecular formula is C15H19N3. The standard InChI is InChI=1S/C15H19N3/c1-16-14-10-5-11-15(18-14)17-12-6-9-13-7-3-2-4-8-13/h2-5,7-8,10-11H,6,9,12H2,1H3,(H2,16,17,18). The second kappa shape index (κ2) is 6.64. The Kier molecular flexibility index (Phi) is 4.59. The molecule has 0 atom stereocenters. The molecule has 0 aliphatic heterocycles. The summed E-state index contributed by atoms with van der Waals surface area (Å²) < 4.78 is 0. The number of nitrogens with one attached hydrogen (secondary N) is 2. The molecule has 0 saturated carbocycles. The van der Waals surface area contributed by atoms with Crippen LogP contribution in [0.5, 0.6) is 0 Å². The largest absolute Gasteiger partial charge is 0.373 e.